The Morgan fingerprint density at radius 3 is 0.718 bits per heavy atom. The number of oxime groups is 1. The molecule has 6 aliphatic rings. The quantitative estimate of drug-likeness (QED) is 0.122. The minimum Gasteiger partial charge on any atom is -0.377 e. The molecule has 1 aliphatic heterocycles. The van der Waals surface area contributed by atoms with Gasteiger partial charge in [0.1, 0.15) is 11.1 Å². The molecule has 1 heterocycles. The maximum Gasteiger partial charge on any atom is 0.209 e. The number of hydrogen-bond acceptors (Lipinski definition) is 4. The second-order valence-corrected chi connectivity index (χ2v) is 25.4. The Morgan fingerprint density at radius 1 is 0.268 bits per heavy atom. The number of hydrogen-bond donors (Lipinski definition) is 0. The number of nitrogens with zero attached hydrogens (tertiary/aromatic N) is 1. The molecule has 0 unspecified atom stereocenters. The molecule has 0 fully saturated rings. The summed E-state index contributed by atoms with van der Waals surface area (Å²) in [5, 5.41) is 87.0. The summed E-state index contributed by atoms with van der Waals surface area (Å²) in [4.78, 5) is 36.8. The van der Waals surface area contributed by atoms with Gasteiger partial charge in [0.25, 0.3) is 0 Å². The van der Waals surface area contributed by atoms with Crippen molar-refractivity contribution >= 4 is 308 Å². The second kappa shape index (κ2) is 5.78. The van der Waals surface area contributed by atoms with Crippen molar-refractivity contribution in [2.75, 3.05) is 0 Å². The number of carbonyl (C=O) groups excluding carboxylic acids is 2. The van der Waals surface area contributed by atoms with Crippen molar-refractivity contribution in [3.8, 4) is 0 Å². The molecule has 2 spiro atoms. The number of benzene rings is 18. The first-order valence-corrected chi connectivity index (χ1v) is 25.8. The van der Waals surface area contributed by atoms with E-state index in [0.717, 1.165) is 0 Å². The molecule has 28 aromatic carbocycles. The first kappa shape index (κ1) is 25.9. The maximum absolute atomic E-state index is 15.0. The number of carbonyl (C=O) groups is 2. The summed E-state index contributed by atoms with van der Waals surface area (Å²) in [7, 11) is 0. The van der Waals surface area contributed by atoms with E-state index in [2.05, 4.69) is 0 Å². The van der Waals surface area contributed by atoms with E-state index in [-0.39, 0.29) is 11.6 Å². The molecule has 4 heteroatoms. The molecule has 4 nitrogen and oxygen atoms in total. The van der Waals surface area contributed by atoms with Gasteiger partial charge < -0.3 is 4.84 Å². The van der Waals surface area contributed by atoms with Gasteiger partial charge in [0, 0.05) is 11.1 Å². The molecule has 28 aromatic rings. The molecule has 0 atom stereocenters. The minimum absolute atomic E-state index is 0.151. The maximum atomic E-state index is 15.0. The Morgan fingerprint density at radius 2 is 0.479 bits per heavy atom. The lowest BCUT2D eigenvalue weighted by Crippen LogP contribution is -2.54. The van der Waals surface area contributed by atoms with Crippen molar-refractivity contribution in [3.05, 3.63) is 46.1 Å². The highest BCUT2D eigenvalue weighted by molar-refractivity contribution is 6.82. The summed E-state index contributed by atoms with van der Waals surface area (Å²) in [5.41, 5.74) is 4.28. The van der Waals surface area contributed by atoms with Crippen LogP contribution in [0.1, 0.15) is 22.3 Å². The summed E-state index contributed by atoms with van der Waals surface area (Å²) in [6.45, 7) is 0. The molecule has 5 aliphatic carbocycles. The summed E-state index contributed by atoms with van der Waals surface area (Å²) in [5.74, 6) is -0.311. The van der Waals surface area contributed by atoms with E-state index < -0.39 is 11.0 Å². The molecule has 71 heavy (non-hydrogen) atoms. The van der Waals surface area contributed by atoms with E-state index in [1.165, 1.54) is 228 Å². The molecule has 0 saturated heterocycles. The van der Waals surface area contributed by atoms with Gasteiger partial charge in [-0.3, -0.25) is 9.59 Å². The Hall–Kier alpha value is -9.25. The molecule has 0 amide bonds. The lowest BCUT2D eigenvalue weighted by Gasteiger charge is -2.47. The van der Waals surface area contributed by atoms with Crippen LogP contribution in [0.4, 0.5) is 0 Å². The normalized spacial score (nSPS) is 23.3. The van der Waals surface area contributed by atoms with Crippen LogP contribution in [-0.2, 0) is 25.4 Å². The largest absolute Gasteiger partial charge is 0.377 e. The van der Waals surface area contributed by atoms with Gasteiger partial charge in [0.2, 0.25) is 5.60 Å². The molecule has 0 saturated carbocycles. The van der Waals surface area contributed by atoms with Gasteiger partial charge in [0.05, 0.1) is 5.57 Å². The monoisotopic (exact) mass is 869 g/mol. The zero-order chi connectivity index (χ0) is 42.3. The number of ketones is 2. The summed E-state index contributed by atoms with van der Waals surface area (Å²) in [6.07, 6.45) is 4.58. The van der Waals surface area contributed by atoms with Crippen LogP contribution in [0.2, 0.25) is 0 Å². The summed E-state index contributed by atoms with van der Waals surface area (Å²) < 4.78 is 0. The van der Waals surface area contributed by atoms with Gasteiger partial charge >= 0.3 is 0 Å². The van der Waals surface area contributed by atoms with Crippen LogP contribution in [0.3, 0.4) is 0 Å². The molecule has 34 rings (SSSR count). The van der Waals surface area contributed by atoms with Crippen molar-refractivity contribution in [1.82, 2.24) is 0 Å². The Bertz CT molecular complexity index is 7360. The van der Waals surface area contributed by atoms with Gasteiger partial charge in [-0.2, -0.15) is 0 Å². The van der Waals surface area contributed by atoms with Crippen LogP contribution in [0, 0.1) is 0 Å². The van der Waals surface area contributed by atoms with Crippen LogP contribution >= 0.6 is 0 Å². The molecular weight excluding hydrogens is 867 g/mol. The van der Waals surface area contributed by atoms with Crippen LogP contribution in [0.25, 0.3) is 291 Å². The van der Waals surface area contributed by atoms with Crippen LogP contribution in [-0.4, -0.2) is 17.3 Å². The third-order valence-electron chi connectivity index (χ3n) is 25.1. The molecular formula is C67H3NO3. The molecule has 0 N–H and O–H groups in total. The van der Waals surface area contributed by atoms with Gasteiger partial charge in [-0.1, -0.05) is 5.16 Å². The lowest BCUT2D eigenvalue weighted by atomic mass is 9.52. The minimum atomic E-state index is -1.08. The van der Waals surface area contributed by atoms with Gasteiger partial charge in [-0.15, -0.1) is 0 Å². The lowest BCUT2D eigenvalue weighted by molar-refractivity contribution is -0.114. The smallest absolute Gasteiger partial charge is 0.209 e. The first-order chi connectivity index (χ1) is 35.2. The van der Waals surface area contributed by atoms with Crippen molar-refractivity contribution in [3.63, 3.8) is 0 Å². The number of rotatable bonds is 1. The first-order valence-electron chi connectivity index (χ1n) is 25.8. The van der Waals surface area contributed by atoms with E-state index >= 15 is 0 Å². The predicted molar refractivity (Wildman–Crippen MR) is 290 cm³/mol. The van der Waals surface area contributed by atoms with Crippen molar-refractivity contribution in [2.24, 2.45) is 5.16 Å². The highest BCUT2D eigenvalue weighted by atomic mass is 16.7. The third kappa shape index (κ3) is 1.36. The van der Waals surface area contributed by atoms with E-state index in [9.17, 15) is 9.59 Å². The van der Waals surface area contributed by atoms with Gasteiger partial charge in [-0.05, 0) is 320 Å². The van der Waals surface area contributed by atoms with Crippen LogP contribution in [0.5, 0.6) is 0 Å². The average Bonchev–Trinajstić information content (AvgIpc) is 4.40. The predicted octanol–water partition coefficient (Wildman–Crippen LogP) is 16.3. The van der Waals surface area contributed by atoms with Crippen LogP contribution < -0.4 is 0 Å². The SMILES string of the molecule is O=C1C=CC(=O)C(C2=NOC34c5c6c7c8c9c%10c(c%11c%12c3c3c5c5c%13c6c6c7c7c9c9c%14c%10c%10c%11c%11c%12c%12c3c3c5c5c%13c%13c6c6c7c9c7c9c%14c%10c%10c%11c%11c%12c3c3c5c5c%13c6c7c6c9c%10c%11c3c56)C284)=C1. The third-order valence-corrected chi connectivity index (χ3v) is 25.1. The highest BCUT2D eigenvalue weighted by Crippen LogP contribution is 2.85. The van der Waals surface area contributed by atoms with Gasteiger partial charge in [0.15, 0.2) is 11.6 Å². The fourth-order valence-corrected chi connectivity index (χ4v) is 24.9. The summed E-state index contributed by atoms with van der Waals surface area (Å²) in [6, 6.07) is 0. The fraction of sp³-hybridized carbons (Fsp3) is 0.0299. The standard InChI is InChI=1S/C67H3NO3/c69-4-1-2-6(70)5(3-4)65-66-61-53-45-35-25-17-9-7-8-11-15-13(9)21-29-23(15)33-27-19(11)20-12(8)16-14-10(7)18(17)26-32-22(14)30-24(16)34-28(20)38-37(27)49-43(33)51-41(29)47(39(45)31(21)25)55(61)57(51)63-59(49)60-50(38)44(34)52-42(30)48-40(32)46(36(26)35)54(53)62(66)56(48)58(52)64(60)67(63,66)71-68-65/h1-3H. The molecule has 294 valence electrons. The Labute approximate surface area is 382 Å². The van der Waals surface area contributed by atoms with E-state index in [4.69, 9.17) is 9.99 Å². The van der Waals surface area contributed by atoms with Crippen molar-refractivity contribution < 1.29 is 14.4 Å². The zero-order valence-corrected chi connectivity index (χ0v) is 35.4. The van der Waals surface area contributed by atoms with Crippen molar-refractivity contribution in [2.45, 2.75) is 11.0 Å². The fourth-order valence-electron chi connectivity index (χ4n) is 24.9. The van der Waals surface area contributed by atoms with E-state index in [1.54, 1.807) is 103 Å². The molecule has 0 bridgehead atoms. The van der Waals surface area contributed by atoms with Gasteiger partial charge in [-0.25, -0.2) is 0 Å². The molecule has 0 radical (unpaired) electrons. The average molecular weight is 870 g/mol. The second-order valence-electron chi connectivity index (χ2n) is 25.4. The van der Waals surface area contributed by atoms with E-state index in [1.807, 2.05) is 0 Å². The molecule has 0 aromatic heterocycles. The Kier molecular flexibility index (Phi) is 2.11. The van der Waals surface area contributed by atoms with Crippen molar-refractivity contribution in [1.29, 1.82) is 0 Å². The highest BCUT2D eigenvalue weighted by Gasteiger charge is 2.77. The van der Waals surface area contributed by atoms with E-state index in [0.29, 0.717) is 11.3 Å². The topological polar surface area (TPSA) is 55.7 Å². The van der Waals surface area contributed by atoms with Crippen LogP contribution in [0.15, 0.2) is 29.0 Å². The summed E-state index contributed by atoms with van der Waals surface area (Å²) >= 11 is 0. The number of allylic oxidation sites excluding steroid dienone is 4. The Balaban J connectivity index is 1.17. The zero-order valence-electron chi connectivity index (χ0n) is 35.4.